The predicted octanol–water partition coefficient (Wildman–Crippen LogP) is 3.09. The van der Waals surface area contributed by atoms with Gasteiger partial charge in [0, 0.05) is 11.3 Å². The van der Waals surface area contributed by atoms with Crippen LogP contribution in [0.15, 0.2) is 42.5 Å². The zero-order valence-corrected chi connectivity index (χ0v) is 9.77. The summed E-state index contributed by atoms with van der Waals surface area (Å²) >= 11 is 0. The molecule has 0 heterocycles. The van der Waals surface area contributed by atoms with Gasteiger partial charge in [-0.3, -0.25) is 4.79 Å². The molecule has 2 N–H and O–H groups in total. The molecule has 2 aromatic rings. The van der Waals surface area contributed by atoms with Crippen LogP contribution in [0.3, 0.4) is 0 Å². The van der Waals surface area contributed by atoms with Crippen molar-refractivity contribution in [2.24, 2.45) is 0 Å². The van der Waals surface area contributed by atoms with E-state index >= 15 is 0 Å². The second-order valence-corrected chi connectivity index (χ2v) is 3.96. The summed E-state index contributed by atoms with van der Waals surface area (Å²) in [6.07, 6.45) is 0. The monoisotopic (exact) mass is 245 g/mol. The number of amides is 1. The second-order valence-electron chi connectivity index (χ2n) is 3.96. The van der Waals surface area contributed by atoms with Crippen LogP contribution in [0.25, 0.3) is 0 Å². The number of benzene rings is 2. The van der Waals surface area contributed by atoms with Crippen molar-refractivity contribution in [2.45, 2.75) is 6.92 Å². The number of aromatic hydroxyl groups is 1. The fourth-order valence-corrected chi connectivity index (χ4v) is 1.63. The van der Waals surface area contributed by atoms with Crippen LogP contribution in [0.4, 0.5) is 10.1 Å². The number of anilines is 1. The predicted molar refractivity (Wildman–Crippen MR) is 67.2 cm³/mol. The molecule has 0 aliphatic rings. The zero-order chi connectivity index (χ0) is 13.1. The average Bonchev–Trinajstić information content (AvgIpc) is 2.32. The summed E-state index contributed by atoms with van der Waals surface area (Å²) in [5, 5.41) is 11.9. The largest absolute Gasteiger partial charge is 0.508 e. The third kappa shape index (κ3) is 2.66. The SMILES string of the molecule is Cc1cc(O)ccc1C(=O)Nc1ccc(F)cc1. The molecule has 0 saturated heterocycles. The van der Waals surface area contributed by atoms with Crippen LogP contribution in [0, 0.1) is 12.7 Å². The van der Waals surface area contributed by atoms with E-state index in [1.54, 1.807) is 13.0 Å². The Bertz CT molecular complexity index is 579. The Morgan fingerprint density at radius 3 is 2.44 bits per heavy atom. The van der Waals surface area contributed by atoms with Crippen LogP contribution in [-0.2, 0) is 0 Å². The summed E-state index contributed by atoms with van der Waals surface area (Å²) in [6, 6.07) is 10.0. The second kappa shape index (κ2) is 4.87. The van der Waals surface area contributed by atoms with E-state index in [0.717, 1.165) is 0 Å². The van der Waals surface area contributed by atoms with Crippen LogP contribution < -0.4 is 5.32 Å². The Hall–Kier alpha value is -2.36. The number of halogens is 1. The molecule has 2 aromatic carbocycles. The number of phenolic OH excluding ortho intramolecular Hbond substituents is 1. The number of rotatable bonds is 2. The molecule has 18 heavy (non-hydrogen) atoms. The molecule has 0 fully saturated rings. The van der Waals surface area contributed by atoms with Crippen LogP contribution >= 0.6 is 0 Å². The number of hydrogen-bond acceptors (Lipinski definition) is 2. The summed E-state index contributed by atoms with van der Waals surface area (Å²) < 4.78 is 12.7. The van der Waals surface area contributed by atoms with E-state index in [2.05, 4.69) is 5.32 Å². The van der Waals surface area contributed by atoms with Crippen LogP contribution in [0.1, 0.15) is 15.9 Å². The van der Waals surface area contributed by atoms with Gasteiger partial charge in [0.25, 0.3) is 5.91 Å². The molecule has 0 spiro atoms. The molecule has 0 radical (unpaired) electrons. The first-order chi connectivity index (χ1) is 8.56. The first kappa shape index (κ1) is 12.1. The molecule has 1 amide bonds. The number of nitrogens with one attached hydrogen (secondary N) is 1. The summed E-state index contributed by atoms with van der Waals surface area (Å²) in [7, 11) is 0. The van der Waals surface area contributed by atoms with Crippen LogP contribution in [-0.4, -0.2) is 11.0 Å². The van der Waals surface area contributed by atoms with Crippen LogP contribution in [0.5, 0.6) is 5.75 Å². The third-order valence-corrected chi connectivity index (χ3v) is 2.56. The average molecular weight is 245 g/mol. The highest BCUT2D eigenvalue weighted by atomic mass is 19.1. The molecule has 0 aromatic heterocycles. The number of carbonyl (C=O) groups excluding carboxylic acids is 1. The highest BCUT2D eigenvalue weighted by Gasteiger charge is 2.09. The van der Waals surface area contributed by atoms with E-state index < -0.39 is 0 Å². The lowest BCUT2D eigenvalue weighted by Crippen LogP contribution is -2.13. The van der Waals surface area contributed by atoms with Crippen molar-refractivity contribution in [3.8, 4) is 5.75 Å². The van der Waals surface area contributed by atoms with Gasteiger partial charge in [0.2, 0.25) is 0 Å². The normalized spacial score (nSPS) is 10.1. The van der Waals surface area contributed by atoms with Gasteiger partial charge in [-0.05, 0) is 55.0 Å². The lowest BCUT2D eigenvalue weighted by molar-refractivity contribution is 0.102. The number of phenols is 1. The third-order valence-electron chi connectivity index (χ3n) is 2.56. The molecule has 4 heteroatoms. The lowest BCUT2D eigenvalue weighted by Gasteiger charge is -2.07. The van der Waals surface area contributed by atoms with Crippen molar-refractivity contribution in [1.82, 2.24) is 0 Å². The van der Waals surface area contributed by atoms with Gasteiger partial charge in [-0.15, -0.1) is 0 Å². The number of carbonyl (C=O) groups is 1. The van der Waals surface area contributed by atoms with E-state index in [9.17, 15) is 14.3 Å². The number of aryl methyl sites for hydroxylation is 1. The topological polar surface area (TPSA) is 49.3 Å². The molecule has 0 aliphatic heterocycles. The van der Waals surface area contributed by atoms with Gasteiger partial charge in [0.05, 0.1) is 0 Å². The molecule has 92 valence electrons. The summed E-state index contributed by atoms with van der Waals surface area (Å²) in [5.74, 6) is -0.529. The van der Waals surface area contributed by atoms with E-state index in [-0.39, 0.29) is 17.5 Å². The fourth-order valence-electron chi connectivity index (χ4n) is 1.63. The highest BCUT2D eigenvalue weighted by molar-refractivity contribution is 6.05. The van der Waals surface area contributed by atoms with E-state index in [1.807, 2.05) is 0 Å². The minimum absolute atomic E-state index is 0.117. The van der Waals surface area contributed by atoms with Gasteiger partial charge in [0.15, 0.2) is 0 Å². The van der Waals surface area contributed by atoms with Crippen molar-refractivity contribution in [3.05, 3.63) is 59.4 Å². The Morgan fingerprint density at radius 1 is 1.17 bits per heavy atom. The van der Waals surface area contributed by atoms with Gasteiger partial charge in [-0.2, -0.15) is 0 Å². The maximum absolute atomic E-state index is 12.7. The maximum atomic E-state index is 12.7. The minimum atomic E-state index is -0.353. The molecule has 0 bridgehead atoms. The summed E-state index contributed by atoms with van der Waals surface area (Å²) in [5.41, 5.74) is 1.67. The quantitative estimate of drug-likeness (QED) is 0.854. The molecule has 0 unspecified atom stereocenters. The zero-order valence-electron chi connectivity index (χ0n) is 9.77. The van der Waals surface area contributed by atoms with Gasteiger partial charge >= 0.3 is 0 Å². The van der Waals surface area contributed by atoms with Crippen molar-refractivity contribution in [2.75, 3.05) is 5.32 Å². The smallest absolute Gasteiger partial charge is 0.255 e. The first-order valence-electron chi connectivity index (χ1n) is 5.43. The van der Waals surface area contributed by atoms with Crippen molar-refractivity contribution in [3.63, 3.8) is 0 Å². The van der Waals surface area contributed by atoms with Crippen molar-refractivity contribution < 1.29 is 14.3 Å². The Balaban J connectivity index is 2.19. The van der Waals surface area contributed by atoms with Gasteiger partial charge < -0.3 is 10.4 Å². The molecule has 0 aliphatic carbocycles. The van der Waals surface area contributed by atoms with Gasteiger partial charge in [0.1, 0.15) is 11.6 Å². The van der Waals surface area contributed by atoms with Crippen molar-refractivity contribution >= 4 is 11.6 Å². The first-order valence-corrected chi connectivity index (χ1v) is 5.43. The van der Waals surface area contributed by atoms with Gasteiger partial charge in [-0.25, -0.2) is 4.39 Å². The Kier molecular flexibility index (Phi) is 3.28. The lowest BCUT2D eigenvalue weighted by atomic mass is 10.1. The number of hydrogen-bond donors (Lipinski definition) is 2. The fraction of sp³-hybridized carbons (Fsp3) is 0.0714. The molecule has 0 saturated carbocycles. The molecule has 0 atom stereocenters. The van der Waals surface area contributed by atoms with Crippen molar-refractivity contribution in [1.29, 1.82) is 0 Å². The molecular weight excluding hydrogens is 233 g/mol. The Labute approximate surface area is 104 Å². The van der Waals surface area contributed by atoms with E-state index in [0.29, 0.717) is 16.8 Å². The standard InChI is InChI=1S/C14H12FNO2/c1-9-8-12(17)6-7-13(9)14(18)16-11-4-2-10(15)3-5-11/h2-8,17H,1H3,(H,16,18). The van der Waals surface area contributed by atoms with Crippen LogP contribution in [0.2, 0.25) is 0 Å². The summed E-state index contributed by atoms with van der Waals surface area (Å²) in [4.78, 5) is 11.9. The van der Waals surface area contributed by atoms with E-state index in [1.165, 1.54) is 36.4 Å². The van der Waals surface area contributed by atoms with E-state index in [4.69, 9.17) is 0 Å². The molecule has 3 nitrogen and oxygen atoms in total. The molecular formula is C14H12FNO2. The minimum Gasteiger partial charge on any atom is -0.508 e. The van der Waals surface area contributed by atoms with Gasteiger partial charge in [-0.1, -0.05) is 0 Å². The Morgan fingerprint density at radius 2 is 1.83 bits per heavy atom. The maximum Gasteiger partial charge on any atom is 0.255 e. The summed E-state index contributed by atoms with van der Waals surface area (Å²) in [6.45, 7) is 1.74. The highest BCUT2D eigenvalue weighted by Crippen LogP contribution is 2.17. The molecule has 2 rings (SSSR count).